The van der Waals surface area contributed by atoms with Crippen LogP contribution >= 0.6 is 0 Å². The standard InChI is InChI=1S/C11H22NSi.Pt/c1-12(2,3)10-8-7-9-11(10)13(4,5)6;/h7,9H,8H2,1-6H3;/q+1;. The molecule has 1 aliphatic carbocycles. The summed E-state index contributed by atoms with van der Waals surface area (Å²) in [6, 6.07) is 0. The van der Waals surface area contributed by atoms with Crippen molar-refractivity contribution in [1.29, 1.82) is 0 Å². The van der Waals surface area contributed by atoms with Crippen LogP contribution in [0.1, 0.15) is 6.42 Å². The summed E-state index contributed by atoms with van der Waals surface area (Å²) in [7, 11) is 5.68. The fourth-order valence-electron chi connectivity index (χ4n) is 1.81. The van der Waals surface area contributed by atoms with E-state index < -0.39 is 8.07 Å². The van der Waals surface area contributed by atoms with Gasteiger partial charge in [0.15, 0.2) is 0 Å². The van der Waals surface area contributed by atoms with Crippen LogP contribution in [0.4, 0.5) is 0 Å². The first-order valence-corrected chi connectivity index (χ1v) is 8.45. The van der Waals surface area contributed by atoms with Crippen LogP contribution in [0.25, 0.3) is 0 Å². The van der Waals surface area contributed by atoms with Gasteiger partial charge in [0.2, 0.25) is 0 Å². The van der Waals surface area contributed by atoms with Crippen molar-refractivity contribution in [2.45, 2.75) is 26.1 Å². The van der Waals surface area contributed by atoms with Gasteiger partial charge in [0.25, 0.3) is 0 Å². The van der Waals surface area contributed by atoms with Crippen molar-refractivity contribution in [2.75, 3.05) is 21.1 Å². The first kappa shape index (κ1) is 14.3. The molecule has 0 saturated heterocycles. The number of rotatable bonds is 2. The first-order valence-electron chi connectivity index (χ1n) is 4.95. The Morgan fingerprint density at radius 2 is 1.64 bits per heavy atom. The molecule has 1 rings (SSSR count). The second-order valence-corrected chi connectivity index (χ2v) is 10.8. The Bertz CT molecular complexity index is 266. The molecule has 0 fully saturated rings. The van der Waals surface area contributed by atoms with E-state index in [-0.39, 0.29) is 21.1 Å². The summed E-state index contributed by atoms with van der Waals surface area (Å²) in [6.07, 6.45) is 5.82. The number of allylic oxidation sites excluding steroid dienone is 3. The van der Waals surface area contributed by atoms with Gasteiger partial charge in [-0.1, -0.05) is 31.8 Å². The minimum atomic E-state index is -1.12. The quantitative estimate of drug-likeness (QED) is 0.502. The molecule has 0 bridgehead atoms. The maximum atomic E-state index is 2.42. The van der Waals surface area contributed by atoms with Crippen LogP contribution in [0.15, 0.2) is 23.0 Å². The predicted octanol–water partition coefficient (Wildman–Crippen LogP) is 2.78. The van der Waals surface area contributed by atoms with E-state index in [0.717, 1.165) is 10.9 Å². The molecule has 1 nitrogen and oxygen atoms in total. The largest absolute Gasteiger partial charge is 0.302 e. The molecule has 0 aromatic rings. The van der Waals surface area contributed by atoms with E-state index in [1.165, 1.54) is 0 Å². The molecule has 0 N–H and O–H groups in total. The van der Waals surface area contributed by atoms with Crippen molar-refractivity contribution in [2.24, 2.45) is 0 Å². The maximum Gasteiger partial charge on any atom is 0.111 e. The van der Waals surface area contributed by atoms with Crippen molar-refractivity contribution < 1.29 is 25.5 Å². The van der Waals surface area contributed by atoms with Crippen LogP contribution in [-0.2, 0) is 21.1 Å². The van der Waals surface area contributed by atoms with Crippen LogP contribution in [-0.4, -0.2) is 33.7 Å². The fourth-order valence-corrected chi connectivity index (χ4v) is 3.73. The van der Waals surface area contributed by atoms with E-state index in [1.807, 2.05) is 0 Å². The Morgan fingerprint density at radius 3 is 1.93 bits per heavy atom. The van der Waals surface area contributed by atoms with Crippen molar-refractivity contribution in [3.63, 3.8) is 0 Å². The summed E-state index contributed by atoms with van der Waals surface area (Å²) in [6.45, 7) is 7.27. The van der Waals surface area contributed by atoms with Crippen LogP contribution in [0.3, 0.4) is 0 Å². The molecule has 0 saturated carbocycles. The molecule has 1 aliphatic rings. The number of nitrogens with zero attached hydrogens (tertiary/aromatic N) is 1. The summed E-state index contributed by atoms with van der Waals surface area (Å²) < 4.78 is 0.993. The summed E-state index contributed by atoms with van der Waals surface area (Å²) in [4.78, 5) is 0. The molecular weight excluding hydrogens is 369 g/mol. The molecule has 3 heteroatoms. The van der Waals surface area contributed by atoms with Gasteiger partial charge < -0.3 is 4.48 Å². The Morgan fingerprint density at radius 1 is 1.14 bits per heavy atom. The van der Waals surface area contributed by atoms with E-state index in [0.29, 0.717) is 0 Å². The molecule has 0 aromatic heterocycles. The van der Waals surface area contributed by atoms with Crippen molar-refractivity contribution in [3.05, 3.63) is 23.0 Å². The van der Waals surface area contributed by atoms with Gasteiger partial charge in [0.1, 0.15) is 5.70 Å². The van der Waals surface area contributed by atoms with E-state index in [4.69, 9.17) is 0 Å². The van der Waals surface area contributed by atoms with Crippen molar-refractivity contribution in [3.8, 4) is 0 Å². The normalized spacial score (nSPS) is 17.3. The van der Waals surface area contributed by atoms with Gasteiger partial charge in [-0.25, -0.2) is 0 Å². The van der Waals surface area contributed by atoms with Crippen molar-refractivity contribution in [1.82, 2.24) is 0 Å². The van der Waals surface area contributed by atoms with E-state index >= 15 is 0 Å². The average Bonchev–Trinajstić information content (AvgIpc) is 2.27. The summed E-state index contributed by atoms with van der Waals surface area (Å²) in [5, 5.41) is 1.65. The zero-order chi connectivity index (χ0) is 10.3. The summed E-state index contributed by atoms with van der Waals surface area (Å²) >= 11 is 0. The minimum absolute atomic E-state index is 0. The van der Waals surface area contributed by atoms with Gasteiger partial charge in [-0.3, -0.25) is 0 Å². The summed E-state index contributed by atoms with van der Waals surface area (Å²) in [5.41, 5.74) is 1.61. The smallest absolute Gasteiger partial charge is 0.111 e. The molecule has 0 atom stereocenters. The molecule has 14 heavy (non-hydrogen) atoms. The molecule has 0 radical (unpaired) electrons. The van der Waals surface area contributed by atoms with Crippen LogP contribution in [0.5, 0.6) is 0 Å². The van der Waals surface area contributed by atoms with Gasteiger partial charge >= 0.3 is 0 Å². The Balaban J connectivity index is 0.00000169. The number of hydrogen-bond acceptors (Lipinski definition) is 0. The Hall–Kier alpha value is 0.345. The van der Waals surface area contributed by atoms with Gasteiger partial charge in [-0.05, 0) is 5.20 Å². The zero-order valence-electron chi connectivity index (χ0n) is 10.1. The minimum Gasteiger partial charge on any atom is -0.302 e. The first-order chi connectivity index (χ1) is 5.73. The van der Waals surface area contributed by atoms with Gasteiger partial charge in [-0.15, -0.1) is 0 Å². The molecule has 0 aromatic carbocycles. The predicted molar refractivity (Wildman–Crippen MR) is 62.2 cm³/mol. The van der Waals surface area contributed by atoms with Crippen LogP contribution in [0, 0.1) is 0 Å². The Labute approximate surface area is 104 Å². The van der Waals surface area contributed by atoms with Gasteiger partial charge in [0, 0.05) is 27.5 Å². The molecule has 84 valence electrons. The number of hydrogen-bond donors (Lipinski definition) is 0. The van der Waals surface area contributed by atoms with Crippen molar-refractivity contribution >= 4 is 8.07 Å². The molecular formula is C11H22NPtSi+. The SMILES string of the molecule is C[N+](C)(C)C1=C([Si](C)(C)C)C=CC1.[Pt]. The molecule has 0 amide bonds. The van der Waals surface area contributed by atoms with Gasteiger partial charge in [-0.2, -0.15) is 0 Å². The number of quaternary nitrogens is 1. The third kappa shape index (κ3) is 3.18. The molecule has 0 unspecified atom stereocenters. The molecule has 0 heterocycles. The maximum absolute atomic E-state index is 2.42. The topological polar surface area (TPSA) is 0 Å². The second-order valence-electron chi connectivity index (χ2n) is 5.73. The third-order valence-electron chi connectivity index (χ3n) is 2.52. The summed E-state index contributed by atoms with van der Waals surface area (Å²) in [5.74, 6) is 0. The Kier molecular flexibility index (Phi) is 4.57. The third-order valence-corrected chi connectivity index (χ3v) is 4.60. The fraction of sp³-hybridized carbons (Fsp3) is 0.636. The molecule has 0 spiro atoms. The zero-order valence-corrected chi connectivity index (χ0v) is 13.4. The van der Waals surface area contributed by atoms with Crippen LogP contribution in [0.2, 0.25) is 19.6 Å². The van der Waals surface area contributed by atoms with E-state index in [9.17, 15) is 0 Å². The monoisotopic (exact) mass is 391 g/mol. The average molecular weight is 391 g/mol. The van der Waals surface area contributed by atoms with Gasteiger partial charge in [0.05, 0.1) is 29.2 Å². The van der Waals surface area contributed by atoms with E-state index in [1.54, 1.807) is 10.9 Å². The second kappa shape index (κ2) is 4.46. The van der Waals surface area contributed by atoms with E-state index in [2.05, 4.69) is 52.9 Å². The molecule has 0 aliphatic heterocycles. The van der Waals surface area contributed by atoms with Crippen LogP contribution < -0.4 is 0 Å².